The summed E-state index contributed by atoms with van der Waals surface area (Å²) in [5.41, 5.74) is 2.86. The molecule has 2 amide bonds. The second-order valence-electron chi connectivity index (χ2n) is 7.91. The number of carbonyl (C=O) groups excluding carboxylic acids is 2. The Hall–Kier alpha value is -2.89. The first-order chi connectivity index (χ1) is 15.0. The van der Waals surface area contributed by atoms with E-state index in [1.165, 1.54) is 0 Å². The molecule has 1 aliphatic rings. The molecule has 0 aliphatic carbocycles. The van der Waals surface area contributed by atoms with Crippen molar-refractivity contribution >= 4 is 39.9 Å². The van der Waals surface area contributed by atoms with E-state index in [0.717, 1.165) is 27.6 Å². The second-order valence-corrected chi connectivity index (χ2v) is 8.32. The maximum atomic E-state index is 13.7. The molecule has 0 radical (unpaired) electrons. The van der Waals surface area contributed by atoms with E-state index in [9.17, 15) is 9.59 Å². The number of rotatable bonds is 5. The number of amides is 2. The van der Waals surface area contributed by atoms with Crippen LogP contribution in [-0.4, -0.2) is 30.9 Å². The van der Waals surface area contributed by atoms with Crippen molar-refractivity contribution in [3.05, 3.63) is 76.8 Å². The van der Waals surface area contributed by atoms with Crippen molar-refractivity contribution < 1.29 is 9.59 Å². The zero-order chi connectivity index (χ0) is 22.0. The third-order valence-corrected chi connectivity index (χ3v) is 6.35. The normalized spacial score (nSPS) is 17.2. The van der Waals surface area contributed by atoms with Crippen molar-refractivity contribution in [2.24, 2.45) is 0 Å². The molecule has 0 spiro atoms. The van der Waals surface area contributed by atoms with E-state index in [2.05, 4.69) is 10.6 Å². The molecule has 0 saturated heterocycles. The molecule has 4 rings (SSSR count). The average Bonchev–Trinajstić information content (AvgIpc) is 2.92. The van der Waals surface area contributed by atoms with E-state index in [0.29, 0.717) is 24.4 Å². The molecular formula is C25H26ClN3O2. The predicted octanol–water partition coefficient (Wildman–Crippen LogP) is 4.07. The van der Waals surface area contributed by atoms with Gasteiger partial charge in [0.1, 0.15) is 6.04 Å². The van der Waals surface area contributed by atoms with Gasteiger partial charge < -0.3 is 15.5 Å². The number of fused-ring (bicyclic) bond motifs is 2. The van der Waals surface area contributed by atoms with Crippen LogP contribution in [0.3, 0.4) is 0 Å². The molecular weight excluding hydrogens is 410 g/mol. The molecule has 31 heavy (non-hydrogen) atoms. The fraction of sp³-hybridized carbons (Fsp3) is 0.280. The molecule has 0 fully saturated rings. The molecule has 0 bridgehead atoms. The number of likely N-dealkylation sites (N-methyl/N-ethyl adjacent to an activating group) is 1. The van der Waals surface area contributed by atoms with Crippen LogP contribution in [0.5, 0.6) is 0 Å². The molecule has 0 aromatic heterocycles. The number of benzene rings is 3. The quantitative estimate of drug-likeness (QED) is 0.635. The van der Waals surface area contributed by atoms with E-state index in [4.69, 9.17) is 11.6 Å². The number of carbonyl (C=O) groups is 2. The Morgan fingerprint density at radius 2 is 1.87 bits per heavy atom. The van der Waals surface area contributed by atoms with Gasteiger partial charge >= 0.3 is 0 Å². The molecule has 3 aromatic carbocycles. The van der Waals surface area contributed by atoms with Crippen LogP contribution in [0.2, 0.25) is 5.02 Å². The average molecular weight is 436 g/mol. The largest absolute Gasteiger partial charge is 0.343 e. The highest BCUT2D eigenvalue weighted by Gasteiger charge is 2.32. The van der Waals surface area contributed by atoms with E-state index in [1.54, 1.807) is 18.9 Å². The SMILES string of the molecule is CNC(C)C(=O)N[C@H]1CCc2ccccc2N(Cc2c(Cl)ccc3ccccc23)C1=O. The van der Waals surface area contributed by atoms with E-state index >= 15 is 0 Å². The highest BCUT2D eigenvalue weighted by atomic mass is 35.5. The van der Waals surface area contributed by atoms with Crippen LogP contribution in [0, 0.1) is 0 Å². The number of halogens is 1. The summed E-state index contributed by atoms with van der Waals surface area (Å²) in [6.07, 6.45) is 1.26. The standard InChI is InChI=1S/C25H26ClN3O2/c1-16(27-2)24(30)28-22-14-12-18-8-4-6-10-23(18)29(25(22)31)15-20-19-9-5-3-7-17(19)11-13-21(20)26/h3-11,13,16,22,27H,12,14-15H2,1-2H3,(H,28,30)/t16?,22-/m0/s1. The van der Waals surface area contributed by atoms with Crippen LogP contribution in [0.1, 0.15) is 24.5 Å². The van der Waals surface area contributed by atoms with Crippen molar-refractivity contribution in [2.45, 2.75) is 38.4 Å². The summed E-state index contributed by atoms with van der Waals surface area (Å²) in [6, 6.07) is 18.8. The Kier molecular flexibility index (Phi) is 6.25. The minimum atomic E-state index is -0.593. The lowest BCUT2D eigenvalue weighted by Crippen LogP contribution is -2.52. The Morgan fingerprint density at radius 3 is 2.68 bits per heavy atom. The molecule has 3 aromatic rings. The molecule has 2 N–H and O–H groups in total. The van der Waals surface area contributed by atoms with Crippen molar-refractivity contribution in [3.8, 4) is 0 Å². The van der Waals surface area contributed by atoms with Crippen LogP contribution in [0.4, 0.5) is 5.69 Å². The number of aryl methyl sites for hydroxylation is 1. The lowest BCUT2D eigenvalue weighted by atomic mass is 10.0. The molecule has 1 heterocycles. The molecule has 2 atom stereocenters. The molecule has 6 heteroatoms. The van der Waals surface area contributed by atoms with E-state index in [-0.39, 0.29) is 17.9 Å². The number of anilines is 1. The third kappa shape index (κ3) is 4.29. The van der Waals surface area contributed by atoms with Gasteiger partial charge in [-0.3, -0.25) is 9.59 Å². The van der Waals surface area contributed by atoms with Gasteiger partial charge in [-0.05, 0) is 60.8 Å². The van der Waals surface area contributed by atoms with Gasteiger partial charge in [-0.2, -0.15) is 0 Å². The highest BCUT2D eigenvalue weighted by molar-refractivity contribution is 6.32. The first-order valence-electron chi connectivity index (χ1n) is 10.5. The fourth-order valence-corrected chi connectivity index (χ4v) is 4.29. The van der Waals surface area contributed by atoms with Crippen molar-refractivity contribution in [3.63, 3.8) is 0 Å². The third-order valence-electron chi connectivity index (χ3n) is 5.99. The fourth-order valence-electron chi connectivity index (χ4n) is 4.07. The molecule has 5 nitrogen and oxygen atoms in total. The van der Waals surface area contributed by atoms with Crippen molar-refractivity contribution in [1.82, 2.24) is 10.6 Å². The van der Waals surface area contributed by atoms with E-state index in [1.807, 2.05) is 60.7 Å². The minimum Gasteiger partial charge on any atom is -0.343 e. The van der Waals surface area contributed by atoms with Crippen molar-refractivity contribution in [2.75, 3.05) is 11.9 Å². The Balaban J connectivity index is 1.74. The summed E-state index contributed by atoms with van der Waals surface area (Å²) in [5.74, 6) is -0.305. The topological polar surface area (TPSA) is 61.4 Å². The van der Waals surface area contributed by atoms with Crippen LogP contribution >= 0.6 is 11.6 Å². The summed E-state index contributed by atoms with van der Waals surface area (Å²) in [4.78, 5) is 27.9. The van der Waals surface area contributed by atoms with Gasteiger partial charge in [-0.15, -0.1) is 0 Å². The zero-order valence-corrected chi connectivity index (χ0v) is 18.4. The summed E-state index contributed by atoms with van der Waals surface area (Å²) in [5, 5.41) is 8.58. The lowest BCUT2D eigenvalue weighted by Gasteiger charge is -2.28. The first-order valence-corrected chi connectivity index (χ1v) is 10.9. The Bertz CT molecular complexity index is 1130. The van der Waals surface area contributed by atoms with Crippen molar-refractivity contribution in [1.29, 1.82) is 0 Å². The summed E-state index contributed by atoms with van der Waals surface area (Å²) in [7, 11) is 1.73. The Morgan fingerprint density at radius 1 is 1.13 bits per heavy atom. The van der Waals surface area contributed by atoms with Gasteiger partial charge in [-0.1, -0.05) is 60.1 Å². The smallest absolute Gasteiger partial charge is 0.249 e. The Labute approximate surface area is 187 Å². The lowest BCUT2D eigenvalue weighted by molar-refractivity contribution is -0.128. The van der Waals surface area contributed by atoms with Gasteiger partial charge in [0, 0.05) is 10.7 Å². The summed E-state index contributed by atoms with van der Waals surface area (Å²) in [6.45, 7) is 2.11. The molecule has 1 unspecified atom stereocenters. The summed E-state index contributed by atoms with van der Waals surface area (Å²) >= 11 is 6.60. The highest BCUT2D eigenvalue weighted by Crippen LogP contribution is 2.33. The maximum absolute atomic E-state index is 13.7. The summed E-state index contributed by atoms with van der Waals surface area (Å²) < 4.78 is 0. The van der Waals surface area contributed by atoms with Gasteiger partial charge in [0.2, 0.25) is 11.8 Å². The maximum Gasteiger partial charge on any atom is 0.249 e. The number of para-hydroxylation sites is 1. The van der Waals surface area contributed by atoms with Crippen LogP contribution in [-0.2, 0) is 22.6 Å². The zero-order valence-electron chi connectivity index (χ0n) is 17.7. The minimum absolute atomic E-state index is 0.120. The number of nitrogens with one attached hydrogen (secondary N) is 2. The second kappa shape index (κ2) is 9.08. The van der Waals surface area contributed by atoms with Gasteiger partial charge in [-0.25, -0.2) is 0 Å². The van der Waals surface area contributed by atoms with Gasteiger partial charge in [0.05, 0.1) is 12.6 Å². The predicted molar refractivity (Wildman–Crippen MR) is 125 cm³/mol. The number of hydrogen-bond acceptors (Lipinski definition) is 3. The van der Waals surface area contributed by atoms with E-state index < -0.39 is 6.04 Å². The molecule has 160 valence electrons. The van der Waals surface area contributed by atoms with Gasteiger partial charge in [0.15, 0.2) is 0 Å². The van der Waals surface area contributed by atoms with Crippen LogP contribution in [0.25, 0.3) is 10.8 Å². The first kappa shape index (κ1) is 21.3. The molecule has 1 aliphatic heterocycles. The number of hydrogen-bond donors (Lipinski definition) is 2. The molecule has 0 saturated carbocycles. The van der Waals surface area contributed by atoms with Crippen LogP contribution < -0.4 is 15.5 Å². The monoisotopic (exact) mass is 435 g/mol. The van der Waals surface area contributed by atoms with Gasteiger partial charge in [0.25, 0.3) is 0 Å². The number of nitrogens with zero attached hydrogens (tertiary/aromatic N) is 1. The van der Waals surface area contributed by atoms with Crippen LogP contribution in [0.15, 0.2) is 60.7 Å².